The van der Waals surface area contributed by atoms with E-state index in [0.717, 1.165) is 33.9 Å². The van der Waals surface area contributed by atoms with E-state index in [0.29, 0.717) is 28.2 Å². The molecule has 0 saturated carbocycles. The standard InChI is InChI=1S/C18H13Cl2N3O2/c1-25-9-23-17-7-13(20)12(19)6-15(17)22-18(23)16-5-11-4-10(8-24)2-3-14(11)21-16/h2-8,21H,9H2,1H3. The maximum atomic E-state index is 11.0. The first-order chi connectivity index (χ1) is 12.1. The zero-order valence-electron chi connectivity index (χ0n) is 13.2. The number of ether oxygens (including phenoxy) is 1. The predicted octanol–water partition coefficient (Wildman–Crippen LogP) is 4.91. The van der Waals surface area contributed by atoms with E-state index < -0.39 is 0 Å². The summed E-state index contributed by atoms with van der Waals surface area (Å²) in [5.41, 5.74) is 3.93. The molecule has 2 heterocycles. The highest BCUT2D eigenvalue weighted by atomic mass is 35.5. The average molecular weight is 374 g/mol. The van der Waals surface area contributed by atoms with Crippen molar-refractivity contribution in [3.8, 4) is 11.5 Å². The minimum Gasteiger partial charge on any atom is -0.364 e. The molecule has 0 aliphatic heterocycles. The van der Waals surface area contributed by atoms with Gasteiger partial charge in [-0.1, -0.05) is 23.2 Å². The minimum atomic E-state index is 0.318. The number of nitrogens with zero attached hydrogens (tertiary/aromatic N) is 2. The second kappa shape index (κ2) is 6.19. The monoisotopic (exact) mass is 373 g/mol. The summed E-state index contributed by atoms with van der Waals surface area (Å²) in [6.07, 6.45) is 0.830. The summed E-state index contributed by atoms with van der Waals surface area (Å²) >= 11 is 12.3. The molecule has 0 unspecified atom stereocenters. The van der Waals surface area contributed by atoms with Crippen LogP contribution in [0.2, 0.25) is 10.0 Å². The van der Waals surface area contributed by atoms with Gasteiger partial charge in [0.2, 0.25) is 0 Å². The molecule has 126 valence electrons. The number of hydrogen-bond donors (Lipinski definition) is 1. The Labute approximate surface area is 153 Å². The molecule has 0 atom stereocenters. The van der Waals surface area contributed by atoms with Crippen molar-refractivity contribution in [3.63, 3.8) is 0 Å². The first-order valence-corrected chi connectivity index (χ1v) is 8.29. The van der Waals surface area contributed by atoms with Gasteiger partial charge in [0.25, 0.3) is 0 Å². The maximum Gasteiger partial charge on any atom is 0.159 e. The number of aromatic nitrogens is 3. The molecule has 0 fully saturated rings. The first kappa shape index (κ1) is 16.1. The summed E-state index contributed by atoms with van der Waals surface area (Å²) in [5, 5.41) is 1.85. The summed E-state index contributed by atoms with van der Waals surface area (Å²) in [7, 11) is 1.62. The summed E-state index contributed by atoms with van der Waals surface area (Å²) in [6.45, 7) is 0.318. The van der Waals surface area contributed by atoms with Crippen molar-refractivity contribution in [2.75, 3.05) is 7.11 Å². The third-order valence-electron chi connectivity index (χ3n) is 4.07. The van der Waals surface area contributed by atoms with E-state index in [1.54, 1.807) is 25.3 Å². The number of carbonyl (C=O) groups is 1. The number of imidazole rings is 1. The quantitative estimate of drug-likeness (QED) is 0.517. The van der Waals surface area contributed by atoms with Crippen molar-refractivity contribution in [2.45, 2.75) is 6.73 Å². The maximum absolute atomic E-state index is 11.0. The van der Waals surface area contributed by atoms with E-state index in [9.17, 15) is 4.79 Å². The normalized spacial score (nSPS) is 11.5. The molecule has 4 rings (SSSR count). The number of aldehydes is 1. The zero-order valence-corrected chi connectivity index (χ0v) is 14.7. The highest BCUT2D eigenvalue weighted by molar-refractivity contribution is 6.42. The number of aromatic amines is 1. The van der Waals surface area contributed by atoms with E-state index >= 15 is 0 Å². The molecule has 0 aliphatic rings. The third kappa shape index (κ3) is 2.70. The van der Waals surface area contributed by atoms with Gasteiger partial charge in [0, 0.05) is 23.6 Å². The van der Waals surface area contributed by atoms with Crippen LogP contribution in [0.3, 0.4) is 0 Å². The second-order valence-corrected chi connectivity index (χ2v) is 6.50. The number of benzene rings is 2. The summed E-state index contributed by atoms with van der Waals surface area (Å²) in [5.74, 6) is 0.707. The molecular weight excluding hydrogens is 361 g/mol. The van der Waals surface area contributed by atoms with Crippen LogP contribution in [0.4, 0.5) is 0 Å². The van der Waals surface area contributed by atoms with Crippen LogP contribution in [0.15, 0.2) is 36.4 Å². The van der Waals surface area contributed by atoms with Gasteiger partial charge in [-0.15, -0.1) is 0 Å². The van der Waals surface area contributed by atoms with Crippen molar-refractivity contribution in [3.05, 3.63) is 52.0 Å². The van der Waals surface area contributed by atoms with E-state index in [-0.39, 0.29) is 0 Å². The predicted molar refractivity (Wildman–Crippen MR) is 99.4 cm³/mol. The molecule has 4 aromatic rings. The molecule has 1 N–H and O–H groups in total. The highest BCUT2D eigenvalue weighted by Crippen LogP contribution is 2.32. The molecule has 0 radical (unpaired) electrons. The van der Waals surface area contributed by atoms with Crippen LogP contribution >= 0.6 is 23.2 Å². The van der Waals surface area contributed by atoms with Gasteiger partial charge in [-0.05, 0) is 36.4 Å². The van der Waals surface area contributed by atoms with Crippen LogP contribution in [0.1, 0.15) is 10.4 Å². The lowest BCUT2D eigenvalue weighted by atomic mass is 10.2. The number of carbonyl (C=O) groups excluding carboxylic acids is 1. The molecule has 2 aromatic carbocycles. The Balaban J connectivity index is 1.96. The summed E-state index contributed by atoms with van der Waals surface area (Å²) in [4.78, 5) is 19.0. The molecule has 0 bridgehead atoms. The Kier molecular flexibility index (Phi) is 4.00. The van der Waals surface area contributed by atoms with Crippen LogP contribution in [-0.2, 0) is 11.5 Å². The van der Waals surface area contributed by atoms with Gasteiger partial charge in [-0.25, -0.2) is 4.98 Å². The fraction of sp³-hybridized carbons (Fsp3) is 0.111. The number of hydrogen-bond acceptors (Lipinski definition) is 3. The Morgan fingerprint density at radius 3 is 2.76 bits per heavy atom. The molecule has 7 heteroatoms. The van der Waals surface area contributed by atoms with E-state index in [1.165, 1.54) is 0 Å². The molecule has 0 saturated heterocycles. The van der Waals surface area contributed by atoms with Crippen LogP contribution in [0, 0.1) is 0 Å². The molecular formula is C18H13Cl2N3O2. The van der Waals surface area contributed by atoms with Crippen LogP contribution in [-0.4, -0.2) is 27.9 Å². The molecule has 0 spiro atoms. The van der Waals surface area contributed by atoms with Crippen LogP contribution in [0.25, 0.3) is 33.5 Å². The highest BCUT2D eigenvalue weighted by Gasteiger charge is 2.16. The van der Waals surface area contributed by atoms with Crippen LogP contribution in [0.5, 0.6) is 0 Å². The SMILES string of the molecule is COCn1c(-c2cc3cc(C=O)ccc3[nH]2)nc2cc(Cl)c(Cl)cc21. The lowest BCUT2D eigenvalue weighted by molar-refractivity contribution is 0.112. The van der Waals surface area contributed by atoms with Gasteiger partial charge in [-0.2, -0.15) is 0 Å². The van der Waals surface area contributed by atoms with Gasteiger partial charge >= 0.3 is 0 Å². The molecule has 5 nitrogen and oxygen atoms in total. The Bertz CT molecular complexity index is 1110. The Morgan fingerprint density at radius 1 is 1.20 bits per heavy atom. The largest absolute Gasteiger partial charge is 0.364 e. The van der Waals surface area contributed by atoms with E-state index in [1.807, 2.05) is 22.8 Å². The molecule has 25 heavy (non-hydrogen) atoms. The van der Waals surface area contributed by atoms with Gasteiger partial charge in [-0.3, -0.25) is 9.36 Å². The average Bonchev–Trinajstić information content (AvgIpc) is 3.17. The number of halogens is 2. The van der Waals surface area contributed by atoms with Gasteiger partial charge < -0.3 is 9.72 Å². The summed E-state index contributed by atoms with van der Waals surface area (Å²) < 4.78 is 7.24. The third-order valence-corrected chi connectivity index (χ3v) is 4.79. The molecule has 0 amide bonds. The minimum absolute atomic E-state index is 0.318. The van der Waals surface area contributed by atoms with E-state index in [2.05, 4.69) is 9.97 Å². The van der Waals surface area contributed by atoms with Crippen LogP contribution < -0.4 is 0 Å². The first-order valence-electron chi connectivity index (χ1n) is 7.53. The Morgan fingerprint density at radius 2 is 2.00 bits per heavy atom. The van der Waals surface area contributed by atoms with Crippen molar-refractivity contribution in [1.29, 1.82) is 0 Å². The second-order valence-electron chi connectivity index (χ2n) is 5.68. The van der Waals surface area contributed by atoms with Crippen molar-refractivity contribution >= 4 is 51.4 Å². The Hall–Kier alpha value is -2.34. The van der Waals surface area contributed by atoms with Crippen molar-refractivity contribution in [1.82, 2.24) is 14.5 Å². The number of methoxy groups -OCH3 is 1. The fourth-order valence-electron chi connectivity index (χ4n) is 2.93. The fourth-order valence-corrected chi connectivity index (χ4v) is 3.25. The number of rotatable bonds is 4. The van der Waals surface area contributed by atoms with Gasteiger partial charge in [0.05, 0.1) is 26.8 Å². The molecule has 2 aromatic heterocycles. The smallest absolute Gasteiger partial charge is 0.159 e. The number of H-pyrrole nitrogens is 1. The van der Waals surface area contributed by atoms with Gasteiger partial charge in [0.1, 0.15) is 13.0 Å². The number of nitrogens with one attached hydrogen (secondary N) is 1. The summed E-state index contributed by atoms with van der Waals surface area (Å²) in [6, 6.07) is 11.0. The zero-order chi connectivity index (χ0) is 17.6. The van der Waals surface area contributed by atoms with Gasteiger partial charge in [0.15, 0.2) is 5.82 Å². The van der Waals surface area contributed by atoms with Crippen molar-refractivity contribution in [2.24, 2.45) is 0 Å². The van der Waals surface area contributed by atoms with Crippen molar-refractivity contribution < 1.29 is 9.53 Å². The number of fused-ring (bicyclic) bond motifs is 2. The van der Waals surface area contributed by atoms with E-state index in [4.69, 9.17) is 27.9 Å². The lowest BCUT2D eigenvalue weighted by Crippen LogP contribution is -2.02. The molecule has 0 aliphatic carbocycles. The topological polar surface area (TPSA) is 59.9 Å². The lowest BCUT2D eigenvalue weighted by Gasteiger charge is -2.07.